The summed E-state index contributed by atoms with van der Waals surface area (Å²) in [7, 11) is 1.60. The zero-order chi connectivity index (χ0) is 17.1. The Balaban J connectivity index is 1.71. The van der Waals surface area contributed by atoms with Crippen LogP contribution >= 0.6 is 0 Å². The Morgan fingerprint density at radius 1 is 1.46 bits per heavy atom. The van der Waals surface area contributed by atoms with Crippen LogP contribution in [0.4, 0.5) is 5.95 Å². The molecular weight excluding hydrogens is 310 g/mol. The normalized spacial score (nSPS) is 11.1. The first-order valence-electron chi connectivity index (χ1n) is 7.54. The number of aromatic nitrogens is 5. The molecule has 0 radical (unpaired) electrons. The molecule has 1 amide bonds. The van der Waals surface area contributed by atoms with Gasteiger partial charge in [0.2, 0.25) is 5.95 Å². The number of nitrogen functional groups attached to an aromatic ring is 1. The molecule has 9 heteroatoms. The van der Waals surface area contributed by atoms with Crippen molar-refractivity contribution >= 4 is 23.0 Å². The SMILES string of the molecule is CCn1c(N)nc2cc(C(=O)NCc3cc(COC)n[nH]3)cnc21. The summed E-state index contributed by atoms with van der Waals surface area (Å²) in [6, 6.07) is 3.53. The standard InChI is InChI=1S/C15H19N7O2/c1-3-22-13-12(19-15(22)16)4-9(6-17-13)14(23)18-7-10-5-11(8-24-2)21-20-10/h4-6H,3,7-8H2,1-2H3,(H2,16,19)(H,18,23)(H,20,21). The van der Waals surface area contributed by atoms with E-state index < -0.39 is 0 Å². The fourth-order valence-electron chi connectivity index (χ4n) is 2.46. The Labute approximate surface area is 138 Å². The van der Waals surface area contributed by atoms with E-state index in [1.165, 1.54) is 6.20 Å². The minimum absolute atomic E-state index is 0.239. The predicted molar refractivity (Wildman–Crippen MR) is 88.1 cm³/mol. The van der Waals surface area contributed by atoms with Gasteiger partial charge in [0.1, 0.15) is 5.52 Å². The van der Waals surface area contributed by atoms with Gasteiger partial charge < -0.3 is 15.8 Å². The molecule has 9 nitrogen and oxygen atoms in total. The maximum atomic E-state index is 12.3. The molecule has 4 N–H and O–H groups in total. The van der Waals surface area contributed by atoms with Gasteiger partial charge in [-0.15, -0.1) is 0 Å². The van der Waals surface area contributed by atoms with E-state index >= 15 is 0 Å². The minimum atomic E-state index is -0.239. The number of H-pyrrole nitrogens is 1. The van der Waals surface area contributed by atoms with Gasteiger partial charge in [-0.3, -0.25) is 14.5 Å². The number of nitrogens with two attached hydrogens (primary N) is 1. The van der Waals surface area contributed by atoms with Crippen molar-refractivity contribution in [1.29, 1.82) is 0 Å². The van der Waals surface area contributed by atoms with Gasteiger partial charge in [0.05, 0.1) is 30.1 Å². The van der Waals surface area contributed by atoms with Crippen LogP contribution in [-0.4, -0.2) is 37.7 Å². The monoisotopic (exact) mass is 329 g/mol. The molecule has 0 bridgehead atoms. The molecule has 126 valence electrons. The van der Waals surface area contributed by atoms with E-state index in [4.69, 9.17) is 10.5 Å². The van der Waals surface area contributed by atoms with Crippen molar-refractivity contribution in [3.63, 3.8) is 0 Å². The lowest BCUT2D eigenvalue weighted by molar-refractivity contribution is 0.0950. The average molecular weight is 329 g/mol. The van der Waals surface area contributed by atoms with Crippen molar-refractivity contribution in [1.82, 2.24) is 30.0 Å². The Morgan fingerprint density at radius 2 is 2.29 bits per heavy atom. The molecule has 0 aliphatic heterocycles. The highest BCUT2D eigenvalue weighted by Gasteiger charge is 2.13. The summed E-state index contributed by atoms with van der Waals surface area (Å²) >= 11 is 0. The molecule has 0 spiro atoms. The zero-order valence-electron chi connectivity index (χ0n) is 13.5. The molecule has 0 fully saturated rings. The Kier molecular flexibility index (Phi) is 4.43. The zero-order valence-corrected chi connectivity index (χ0v) is 13.5. The average Bonchev–Trinajstić information content (AvgIpc) is 3.15. The van der Waals surface area contributed by atoms with Gasteiger partial charge in [-0.1, -0.05) is 0 Å². The van der Waals surface area contributed by atoms with Crippen LogP contribution in [0.5, 0.6) is 0 Å². The molecule has 3 aromatic heterocycles. The predicted octanol–water partition coefficient (Wildman–Crippen LogP) is 0.833. The second-order valence-electron chi connectivity index (χ2n) is 5.28. The molecule has 24 heavy (non-hydrogen) atoms. The molecule has 0 unspecified atom stereocenters. The Hall–Kier alpha value is -2.94. The van der Waals surface area contributed by atoms with Gasteiger partial charge in [0.25, 0.3) is 5.91 Å². The number of aryl methyl sites for hydroxylation is 1. The largest absolute Gasteiger partial charge is 0.378 e. The number of imidazole rings is 1. The molecule has 3 aromatic rings. The number of carbonyl (C=O) groups excluding carboxylic acids is 1. The van der Waals surface area contributed by atoms with Gasteiger partial charge in [-0.2, -0.15) is 5.10 Å². The molecule has 0 aromatic carbocycles. The molecule has 3 rings (SSSR count). The van der Waals surface area contributed by atoms with E-state index in [1.807, 2.05) is 13.0 Å². The van der Waals surface area contributed by atoms with E-state index in [1.54, 1.807) is 17.7 Å². The van der Waals surface area contributed by atoms with Crippen LogP contribution < -0.4 is 11.1 Å². The third-order valence-corrected chi connectivity index (χ3v) is 3.61. The molecule has 0 atom stereocenters. The summed E-state index contributed by atoms with van der Waals surface area (Å²) in [4.78, 5) is 20.8. The first-order valence-corrected chi connectivity index (χ1v) is 7.54. The number of nitrogens with one attached hydrogen (secondary N) is 2. The third kappa shape index (κ3) is 3.06. The van der Waals surface area contributed by atoms with Crippen molar-refractivity contribution in [3.05, 3.63) is 35.3 Å². The number of methoxy groups -OCH3 is 1. The van der Waals surface area contributed by atoms with Crippen molar-refractivity contribution < 1.29 is 9.53 Å². The van der Waals surface area contributed by atoms with Crippen LogP contribution in [0.25, 0.3) is 11.2 Å². The van der Waals surface area contributed by atoms with Crippen molar-refractivity contribution in [2.45, 2.75) is 26.6 Å². The molecule has 0 saturated heterocycles. The van der Waals surface area contributed by atoms with Crippen LogP contribution in [0, 0.1) is 0 Å². The van der Waals surface area contributed by atoms with Crippen molar-refractivity contribution in [2.24, 2.45) is 0 Å². The maximum Gasteiger partial charge on any atom is 0.253 e. The minimum Gasteiger partial charge on any atom is -0.378 e. The lowest BCUT2D eigenvalue weighted by Gasteiger charge is -2.04. The molecule has 0 aliphatic carbocycles. The summed E-state index contributed by atoms with van der Waals surface area (Å²) in [5.74, 6) is 0.151. The van der Waals surface area contributed by atoms with Gasteiger partial charge in [-0.25, -0.2) is 9.97 Å². The van der Waals surface area contributed by atoms with Crippen molar-refractivity contribution in [2.75, 3.05) is 12.8 Å². The highest BCUT2D eigenvalue weighted by atomic mass is 16.5. The van der Waals surface area contributed by atoms with Crippen LogP contribution in [0.2, 0.25) is 0 Å². The lowest BCUT2D eigenvalue weighted by atomic mass is 10.2. The van der Waals surface area contributed by atoms with E-state index in [2.05, 4.69) is 25.5 Å². The summed E-state index contributed by atoms with van der Waals surface area (Å²) in [6.45, 7) is 3.39. The number of fused-ring (bicyclic) bond motifs is 1. The quantitative estimate of drug-likeness (QED) is 0.615. The number of ether oxygens (including phenoxy) is 1. The molecule has 0 saturated carbocycles. The lowest BCUT2D eigenvalue weighted by Crippen LogP contribution is -2.23. The fraction of sp³-hybridized carbons (Fsp3) is 0.333. The van der Waals surface area contributed by atoms with Gasteiger partial charge in [0.15, 0.2) is 5.65 Å². The topological polar surface area (TPSA) is 124 Å². The number of aromatic amines is 1. The molecule has 3 heterocycles. The van der Waals surface area contributed by atoms with Gasteiger partial charge in [0, 0.05) is 19.9 Å². The van der Waals surface area contributed by atoms with E-state index in [0.29, 0.717) is 42.4 Å². The van der Waals surface area contributed by atoms with E-state index in [9.17, 15) is 4.79 Å². The number of hydrogen-bond donors (Lipinski definition) is 3. The summed E-state index contributed by atoms with van der Waals surface area (Å²) in [5.41, 5.74) is 9.12. The van der Waals surface area contributed by atoms with Crippen LogP contribution in [0.15, 0.2) is 18.3 Å². The number of carbonyl (C=O) groups is 1. The van der Waals surface area contributed by atoms with Crippen LogP contribution in [0.1, 0.15) is 28.7 Å². The summed E-state index contributed by atoms with van der Waals surface area (Å²) < 4.78 is 6.79. The second kappa shape index (κ2) is 6.67. The van der Waals surface area contributed by atoms with E-state index in [-0.39, 0.29) is 5.91 Å². The number of hydrogen-bond acceptors (Lipinski definition) is 6. The summed E-state index contributed by atoms with van der Waals surface area (Å²) in [6.07, 6.45) is 1.52. The number of amides is 1. The second-order valence-corrected chi connectivity index (χ2v) is 5.28. The smallest absolute Gasteiger partial charge is 0.253 e. The number of anilines is 1. The fourth-order valence-corrected chi connectivity index (χ4v) is 2.46. The Morgan fingerprint density at radius 3 is 3.04 bits per heavy atom. The number of rotatable bonds is 6. The highest BCUT2D eigenvalue weighted by molar-refractivity contribution is 5.96. The summed E-state index contributed by atoms with van der Waals surface area (Å²) in [5, 5.41) is 9.75. The molecule has 0 aliphatic rings. The molecular formula is C15H19N7O2. The Bertz CT molecular complexity index is 868. The third-order valence-electron chi connectivity index (χ3n) is 3.61. The van der Waals surface area contributed by atoms with Crippen molar-refractivity contribution in [3.8, 4) is 0 Å². The first-order chi connectivity index (χ1) is 11.6. The first kappa shape index (κ1) is 15.9. The van der Waals surface area contributed by atoms with Gasteiger partial charge in [-0.05, 0) is 19.1 Å². The highest BCUT2D eigenvalue weighted by Crippen LogP contribution is 2.16. The van der Waals surface area contributed by atoms with Crippen LogP contribution in [0.3, 0.4) is 0 Å². The van der Waals surface area contributed by atoms with Gasteiger partial charge >= 0.3 is 0 Å². The van der Waals surface area contributed by atoms with Crippen LogP contribution in [-0.2, 0) is 24.4 Å². The maximum absolute atomic E-state index is 12.3. The van der Waals surface area contributed by atoms with E-state index in [0.717, 1.165) is 11.4 Å². The number of pyridine rings is 1. The number of nitrogens with zero attached hydrogens (tertiary/aromatic N) is 4.